The average molecular weight is 261 g/mol. The second-order valence-corrected chi connectivity index (χ2v) is 3.48. The molecule has 2 rings (SSSR count). The topological polar surface area (TPSA) is 76.0 Å². The molecule has 0 atom stereocenters. The highest BCUT2D eigenvalue weighted by Crippen LogP contribution is 2.47. The molecule has 0 aliphatic carbocycles. The Hall–Kier alpha value is -1.43. The molecule has 0 unspecified atom stereocenters. The van der Waals surface area contributed by atoms with E-state index in [1.54, 1.807) is 0 Å². The number of aromatic carboxylic acids is 1. The molecule has 5 nitrogen and oxygen atoms in total. The monoisotopic (exact) mass is 260 g/mol. The van der Waals surface area contributed by atoms with E-state index in [0.29, 0.717) is 10.2 Å². The third kappa shape index (κ3) is 1.19. The van der Waals surface area contributed by atoms with Crippen LogP contribution in [-0.2, 0) is 0 Å². The number of benzene rings is 1. The van der Waals surface area contributed by atoms with Crippen molar-refractivity contribution in [2.24, 2.45) is 0 Å². The molecular weight excluding hydrogens is 256 g/mol. The summed E-state index contributed by atoms with van der Waals surface area (Å²) in [6.45, 7) is -0.0232. The van der Waals surface area contributed by atoms with E-state index in [4.69, 9.17) is 14.6 Å². The van der Waals surface area contributed by atoms with E-state index in [0.717, 1.165) is 0 Å². The molecule has 1 aliphatic heterocycles. The molecule has 1 aliphatic rings. The van der Waals surface area contributed by atoms with Crippen LogP contribution in [0.3, 0.4) is 0 Å². The van der Waals surface area contributed by atoms with Crippen LogP contribution in [0.25, 0.3) is 0 Å². The normalized spacial score (nSPS) is 12.9. The molecule has 0 aromatic heterocycles. The van der Waals surface area contributed by atoms with E-state index in [1.807, 2.05) is 0 Å². The number of rotatable bonds is 1. The van der Waals surface area contributed by atoms with Gasteiger partial charge in [0.25, 0.3) is 0 Å². The molecule has 6 heteroatoms. The molecule has 0 amide bonds. The Morgan fingerprint density at radius 3 is 2.71 bits per heavy atom. The quantitative estimate of drug-likeness (QED) is 0.802. The van der Waals surface area contributed by atoms with Crippen LogP contribution in [-0.4, -0.2) is 23.0 Å². The van der Waals surface area contributed by atoms with Gasteiger partial charge in [0.1, 0.15) is 5.56 Å². The summed E-state index contributed by atoms with van der Waals surface area (Å²) in [7, 11) is 0. The number of carboxylic acid groups (broad SMARTS) is 1. The van der Waals surface area contributed by atoms with Crippen molar-refractivity contribution in [3.8, 4) is 17.2 Å². The highest BCUT2D eigenvalue weighted by molar-refractivity contribution is 9.10. The minimum atomic E-state index is -1.22. The van der Waals surface area contributed by atoms with E-state index >= 15 is 0 Å². The molecule has 0 radical (unpaired) electrons. The lowest BCUT2D eigenvalue weighted by molar-refractivity contribution is 0.0693. The molecule has 1 aromatic carbocycles. The number of aromatic hydroxyl groups is 1. The van der Waals surface area contributed by atoms with E-state index in [2.05, 4.69) is 15.9 Å². The molecule has 1 heterocycles. The first-order chi connectivity index (χ1) is 6.61. The van der Waals surface area contributed by atoms with Gasteiger partial charge in [0, 0.05) is 0 Å². The van der Waals surface area contributed by atoms with Gasteiger partial charge in [-0.2, -0.15) is 0 Å². The van der Waals surface area contributed by atoms with Crippen LogP contribution in [0, 0.1) is 0 Å². The number of hydrogen-bond donors (Lipinski definition) is 2. The molecule has 14 heavy (non-hydrogen) atoms. The van der Waals surface area contributed by atoms with Gasteiger partial charge in [0.05, 0.1) is 4.47 Å². The van der Waals surface area contributed by atoms with Gasteiger partial charge in [0.2, 0.25) is 12.5 Å². The second-order valence-electron chi connectivity index (χ2n) is 2.62. The fraction of sp³-hybridized carbons (Fsp3) is 0.125. The standard InChI is InChI=1S/C8H5BrO5/c9-4-1-3(8(11)12)5(10)7-6(4)13-2-14-7/h1,10H,2H2,(H,11,12). The first-order valence-corrected chi connectivity index (χ1v) is 4.45. The summed E-state index contributed by atoms with van der Waals surface area (Å²) in [5, 5.41) is 18.2. The smallest absolute Gasteiger partial charge is 0.339 e. The molecule has 0 saturated carbocycles. The van der Waals surface area contributed by atoms with Gasteiger partial charge < -0.3 is 19.7 Å². The molecule has 74 valence electrons. The van der Waals surface area contributed by atoms with Crippen molar-refractivity contribution < 1.29 is 24.5 Å². The maximum absolute atomic E-state index is 10.7. The summed E-state index contributed by atoms with van der Waals surface area (Å²) in [5.74, 6) is -1.24. The minimum absolute atomic E-state index is 0.0232. The zero-order valence-corrected chi connectivity index (χ0v) is 8.37. The average Bonchev–Trinajstić information content (AvgIpc) is 2.59. The van der Waals surface area contributed by atoms with Crippen LogP contribution < -0.4 is 9.47 Å². The summed E-state index contributed by atoms with van der Waals surface area (Å²) >= 11 is 3.12. The van der Waals surface area contributed by atoms with Crippen molar-refractivity contribution in [1.82, 2.24) is 0 Å². The molecule has 0 spiro atoms. The van der Waals surface area contributed by atoms with Crippen molar-refractivity contribution in [2.75, 3.05) is 6.79 Å². The molecule has 2 N–H and O–H groups in total. The van der Waals surface area contributed by atoms with Crippen molar-refractivity contribution in [2.45, 2.75) is 0 Å². The maximum Gasteiger partial charge on any atom is 0.339 e. The number of hydrogen-bond acceptors (Lipinski definition) is 4. The fourth-order valence-electron chi connectivity index (χ4n) is 1.18. The second kappa shape index (κ2) is 3.06. The van der Waals surface area contributed by atoms with Crippen LogP contribution in [0.15, 0.2) is 10.5 Å². The first kappa shape index (κ1) is 9.14. The molecule has 0 fully saturated rings. The van der Waals surface area contributed by atoms with E-state index in [1.165, 1.54) is 6.07 Å². The van der Waals surface area contributed by atoms with Crippen LogP contribution in [0.1, 0.15) is 10.4 Å². The third-order valence-corrected chi connectivity index (χ3v) is 2.39. The Kier molecular flexibility index (Phi) is 1.99. The van der Waals surface area contributed by atoms with E-state index in [9.17, 15) is 9.90 Å². The maximum atomic E-state index is 10.7. The number of carbonyl (C=O) groups is 1. The van der Waals surface area contributed by atoms with Crippen LogP contribution >= 0.6 is 15.9 Å². The van der Waals surface area contributed by atoms with E-state index in [-0.39, 0.29) is 18.1 Å². The fourth-order valence-corrected chi connectivity index (χ4v) is 1.70. The van der Waals surface area contributed by atoms with Gasteiger partial charge in [-0.15, -0.1) is 0 Å². The summed E-state index contributed by atoms with van der Waals surface area (Å²) in [5.41, 5.74) is -0.221. The zero-order valence-electron chi connectivity index (χ0n) is 6.78. The number of halogens is 1. The summed E-state index contributed by atoms with van der Waals surface area (Å²) in [6, 6.07) is 1.27. The van der Waals surface area contributed by atoms with Crippen LogP contribution in [0.5, 0.6) is 17.2 Å². The Morgan fingerprint density at radius 2 is 2.07 bits per heavy atom. The van der Waals surface area contributed by atoms with Gasteiger partial charge in [-0.3, -0.25) is 0 Å². The first-order valence-electron chi connectivity index (χ1n) is 3.65. The minimum Gasteiger partial charge on any atom is -0.504 e. The number of phenols is 1. The number of ether oxygens (including phenoxy) is 2. The zero-order chi connectivity index (χ0) is 10.3. The largest absolute Gasteiger partial charge is 0.504 e. The predicted octanol–water partition coefficient (Wildman–Crippen LogP) is 1.58. The molecule has 0 saturated heterocycles. The number of fused-ring (bicyclic) bond motifs is 1. The van der Waals surface area contributed by atoms with Crippen LogP contribution in [0.4, 0.5) is 0 Å². The highest BCUT2D eigenvalue weighted by atomic mass is 79.9. The van der Waals surface area contributed by atoms with Gasteiger partial charge in [-0.25, -0.2) is 4.79 Å². The SMILES string of the molecule is O=C(O)c1cc(Br)c2c(c1O)OCO2. The van der Waals surface area contributed by atoms with Crippen molar-refractivity contribution in [3.63, 3.8) is 0 Å². The summed E-state index contributed by atoms with van der Waals surface area (Å²) in [4.78, 5) is 10.7. The van der Waals surface area contributed by atoms with Gasteiger partial charge in [-0.1, -0.05) is 0 Å². The molecule has 1 aromatic rings. The molecule has 0 bridgehead atoms. The highest BCUT2D eigenvalue weighted by Gasteiger charge is 2.26. The molecular formula is C8H5BrO5. The van der Waals surface area contributed by atoms with E-state index < -0.39 is 11.7 Å². The summed E-state index contributed by atoms with van der Waals surface area (Å²) < 4.78 is 10.4. The van der Waals surface area contributed by atoms with Crippen molar-refractivity contribution in [1.29, 1.82) is 0 Å². The lowest BCUT2D eigenvalue weighted by Gasteiger charge is -2.04. The lowest BCUT2D eigenvalue weighted by Crippen LogP contribution is -1.97. The Balaban J connectivity index is 2.68. The lowest BCUT2D eigenvalue weighted by atomic mass is 10.2. The van der Waals surface area contributed by atoms with Gasteiger partial charge >= 0.3 is 5.97 Å². The Morgan fingerprint density at radius 1 is 1.43 bits per heavy atom. The van der Waals surface area contributed by atoms with Crippen molar-refractivity contribution >= 4 is 21.9 Å². The number of carboxylic acids is 1. The summed E-state index contributed by atoms with van der Waals surface area (Å²) in [6.07, 6.45) is 0. The Bertz CT molecular complexity index is 415. The Labute approximate surface area is 87.0 Å². The predicted molar refractivity (Wildman–Crippen MR) is 48.9 cm³/mol. The van der Waals surface area contributed by atoms with Crippen molar-refractivity contribution in [3.05, 3.63) is 16.1 Å². The van der Waals surface area contributed by atoms with Crippen LogP contribution in [0.2, 0.25) is 0 Å². The third-order valence-electron chi connectivity index (χ3n) is 1.80. The van der Waals surface area contributed by atoms with Gasteiger partial charge in [-0.05, 0) is 22.0 Å². The van der Waals surface area contributed by atoms with Gasteiger partial charge in [0.15, 0.2) is 11.5 Å².